The zero-order valence-corrected chi connectivity index (χ0v) is 42.5. The van der Waals surface area contributed by atoms with Crippen molar-refractivity contribution in [2.75, 3.05) is 13.2 Å². The van der Waals surface area contributed by atoms with Crippen molar-refractivity contribution in [3.63, 3.8) is 0 Å². The van der Waals surface area contributed by atoms with E-state index in [4.69, 9.17) is 14.2 Å². The van der Waals surface area contributed by atoms with Crippen LogP contribution in [0.1, 0.15) is 311 Å². The second-order valence-corrected chi connectivity index (χ2v) is 19.7. The molecule has 0 fully saturated rings. The molecule has 62 heavy (non-hydrogen) atoms. The highest BCUT2D eigenvalue weighted by Crippen LogP contribution is 2.19. The van der Waals surface area contributed by atoms with Gasteiger partial charge in [-0.3, -0.25) is 14.4 Å². The average Bonchev–Trinajstić information content (AvgIpc) is 3.27. The third kappa shape index (κ3) is 46.4. The van der Waals surface area contributed by atoms with Crippen molar-refractivity contribution >= 4 is 17.9 Å². The smallest absolute Gasteiger partial charge is 0.306 e. The van der Waals surface area contributed by atoms with Gasteiger partial charge < -0.3 is 14.2 Å². The van der Waals surface area contributed by atoms with E-state index in [9.17, 15) is 14.4 Å². The first-order chi connectivity index (χ1) is 30.3. The highest BCUT2D eigenvalue weighted by atomic mass is 16.6. The Bertz CT molecular complexity index is 951. The summed E-state index contributed by atoms with van der Waals surface area (Å²) in [6.07, 6.45) is 50.9. The molecule has 0 saturated heterocycles. The largest absolute Gasteiger partial charge is 0.462 e. The van der Waals surface area contributed by atoms with Gasteiger partial charge in [0.25, 0.3) is 0 Å². The molecule has 0 bridgehead atoms. The lowest BCUT2D eigenvalue weighted by molar-refractivity contribution is -0.167. The zero-order valence-electron chi connectivity index (χ0n) is 42.5. The van der Waals surface area contributed by atoms with Crippen LogP contribution in [0.15, 0.2) is 0 Å². The van der Waals surface area contributed by atoms with Crippen LogP contribution in [0.4, 0.5) is 0 Å². The molecule has 0 heterocycles. The predicted octanol–water partition coefficient (Wildman–Crippen LogP) is 18.1. The fraction of sp³-hybridized carbons (Fsp3) is 0.946. The van der Waals surface area contributed by atoms with Gasteiger partial charge >= 0.3 is 17.9 Å². The maximum absolute atomic E-state index is 12.8. The second-order valence-electron chi connectivity index (χ2n) is 19.7. The Morgan fingerprint density at radius 2 is 0.565 bits per heavy atom. The highest BCUT2D eigenvalue weighted by Gasteiger charge is 2.19. The molecule has 0 radical (unpaired) electrons. The number of esters is 3. The van der Waals surface area contributed by atoms with Gasteiger partial charge in [0.05, 0.1) is 0 Å². The lowest BCUT2D eigenvalue weighted by Gasteiger charge is -2.18. The number of carbonyl (C=O) groups is 3. The topological polar surface area (TPSA) is 78.9 Å². The molecule has 0 spiro atoms. The van der Waals surface area contributed by atoms with Gasteiger partial charge in [0.15, 0.2) is 6.10 Å². The van der Waals surface area contributed by atoms with Crippen LogP contribution in [-0.2, 0) is 28.6 Å². The van der Waals surface area contributed by atoms with E-state index in [0.717, 1.165) is 69.6 Å². The minimum Gasteiger partial charge on any atom is -0.462 e. The van der Waals surface area contributed by atoms with Crippen molar-refractivity contribution in [2.45, 2.75) is 317 Å². The molecule has 3 atom stereocenters. The van der Waals surface area contributed by atoms with Gasteiger partial charge in [-0.1, -0.05) is 272 Å². The summed E-state index contributed by atoms with van der Waals surface area (Å²) in [6, 6.07) is 0. The molecule has 6 nitrogen and oxygen atoms in total. The van der Waals surface area contributed by atoms with Crippen LogP contribution in [0.2, 0.25) is 0 Å². The van der Waals surface area contributed by atoms with Crippen LogP contribution in [0.3, 0.4) is 0 Å². The maximum atomic E-state index is 12.8. The molecule has 0 aliphatic heterocycles. The molecule has 0 aliphatic carbocycles. The van der Waals surface area contributed by atoms with E-state index in [2.05, 4.69) is 34.6 Å². The fourth-order valence-electron chi connectivity index (χ4n) is 8.46. The number of hydrogen-bond donors (Lipinski definition) is 0. The Hall–Kier alpha value is -1.59. The van der Waals surface area contributed by atoms with Crippen molar-refractivity contribution in [3.8, 4) is 0 Å². The molecular weight excluding hydrogens is 769 g/mol. The minimum atomic E-state index is -0.763. The van der Waals surface area contributed by atoms with Crippen molar-refractivity contribution in [2.24, 2.45) is 11.8 Å². The molecule has 6 heteroatoms. The van der Waals surface area contributed by atoms with Crippen molar-refractivity contribution < 1.29 is 28.6 Å². The zero-order chi connectivity index (χ0) is 45.4. The third-order valence-corrected chi connectivity index (χ3v) is 13.4. The summed E-state index contributed by atoms with van der Waals surface area (Å²) in [5.74, 6) is 0.864. The van der Waals surface area contributed by atoms with Crippen LogP contribution in [0.25, 0.3) is 0 Å². The number of ether oxygens (including phenoxy) is 3. The molecule has 0 N–H and O–H groups in total. The molecule has 0 saturated carbocycles. The molecule has 368 valence electrons. The van der Waals surface area contributed by atoms with Gasteiger partial charge in [0.1, 0.15) is 13.2 Å². The molecule has 0 aliphatic rings. The van der Waals surface area contributed by atoms with Crippen LogP contribution in [0, 0.1) is 11.8 Å². The van der Waals surface area contributed by atoms with E-state index < -0.39 is 6.10 Å². The standard InChI is InChI=1S/C56H108O6/c1-6-9-10-11-12-13-14-15-16-17-22-25-28-31-38-43-48-56(59)62-53(50-61-55(58)47-42-37-33-32-35-40-45-52(5)8-3)49-60-54(57)46-41-36-30-27-24-21-19-18-20-23-26-29-34-39-44-51(4)7-2/h51-53H,6-50H2,1-5H3/t51?,52?,53-/m1/s1. The Morgan fingerprint density at radius 1 is 0.323 bits per heavy atom. The monoisotopic (exact) mass is 877 g/mol. The summed E-state index contributed by atoms with van der Waals surface area (Å²) < 4.78 is 16.8. The first-order valence-electron chi connectivity index (χ1n) is 27.8. The van der Waals surface area contributed by atoms with E-state index in [1.165, 1.54) is 199 Å². The van der Waals surface area contributed by atoms with Gasteiger partial charge in [-0.2, -0.15) is 0 Å². The minimum absolute atomic E-state index is 0.0638. The van der Waals surface area contributed by atoms with E-state index in [1.54, 1.807) is 0 Å². The SMILES string of the molecule is CCCCCCCCCCCCCCCCCCC(=O)O[C@H](COC(=O)CCCCCCCCCCCCCCCCC(C)CC)COC(=O)CCCCCCCCC(C)CC. The Morgan fingerprint density at radius 3 is 0.839 bits per heavy atom. The Labute approximate surface area is 387 Å². The van der Waals surface area contributed by atoms with Gasteiger partial charge in [-0.05, 0) is 31.1 Å². The summed E-state index contributed by atoms with van der Waals surface area (Å²) in [5, 5.41) is 0. The quantitative estimate of drug-likeness (QED) is 0.0344. The second kappa shape index (κ2) is 48.9. The molecule has 0 amide bonds. The number of unbranched alkanes of at least 4 members (excludes halogenated alkanes) is 33. The van der Waals surface area contributed by atoms with E-state index in [-0.39, 0.29) is 31.1 Å². The molecule has 0 aromatic rings. The van der Waals surface area contributed by atoms with Crippen LogP contribution >= 0.6 is 0 Å². The summed E-state index contributed by atoms with van der Waals surface area (Å²) in [7, 11) is 0. The predicted molar refractivity (Wildman–Crippen MR) is 266 cm³/mol. The summed E-state index contributed by atoms with van der Waals surface area (Å²) in [5.41, 5.74) is 0. The van der Waals surface area contributed by atoms with E-state index >= 15 is 0 Å². The molecule has 2 unspecified atom stereocenters. The van der Waals surface area contributed by atoms with Crippen molar-refractivity contribution in [1.29, 1.82) is 0 Å². The van der Waals surface area contributed by atoms with Gasteiger partial charge in [0.2, 0.25) is 0 Å². The summed E-state index contributed by atoms with van der Waals surface area (Å²) in [4.78, 5) is 38.0. The van der Waals surface area contributed by atoms with Crippen molar-refractivity contribution in [3.05, 3.63) is 0 Å². The van der Waals surface area contributed by atoms with E-state index in [0.29, 0.717) is 19.3 Å². The summed E-state index contributed by atoms with van der Waals surface area (Å²) >= 11 is 0. The van der Waals surface area contributed by atoms with Crippen LogP contribution in [-0.4, -0.2) is 37.2 Å². The number of hydrogen-bond acceptors (Lipinski definition) is 6. The normalized spacial score (nSPS) is 12.9. The summed E-state index contributed by atoms with van der Waals surface area (Å²) in [6.45, 7) is 11.4. The Balaban J connectivity index is 4.27. The lowest BCUT2D eigenvalue weighted by Crippen LogP contribution is -2.30. The van der Waals surface area contributed by atoms with Gasteiger partial charge in [-0.15, -0.1) is 0 Å². The maximum Gasteiger partial charge on any atom is 0.306 e. The number of rotatable bonds is 50. The van der Waals surface area contributed by atoms with Gasteiger partial charge in [0, 0.05) is 19.3 Å². The third-order valence-electron chi connectivity index (χ3n) is 13.4. The fourth-order valence-corrected chi connectivity index (χ4v) is 8.46. The van der Waals surface area contributed by atoms with Crippen molar-refractivity contribution in [1.82, 2.24) is 0 Å². The number of carbonyl (C=O) groups excluding carboxylic acids is 3. The highest BCUT2D eigenvalue weighted by molar-refractivity contribution is 5.71. The average molecular weight is 877 g/mol. The van der Waals surface area contributed by atoms with Gasteiger partial charge in [-0.25, -0.2) is 0 Å². The van der Waals surface area contributed by atoms with E-state index in [1.807, 2.05) is 0 Å². The molecule has 0 aromatic carbocycles. The first kappa shape index (κ1) is 60.4. The van der Waals surface area contributed by atoms with Crippen LogP contribution < -0.4 is 0 Å². The molecule has 0 aromatic heterocycles. The molecular formula is C56H108O6. The van der Waals surface area contributed by atoms with Crippen LogP contribution in [0.5, 0.6) is 0 Å². The first-order valence-corrected chi connectivity index (χ1v) is 27.8. The lowest BCUT2D eigenvalue weighted by atomic mass is 9.99. The molecule has 0 rings (SSSR count). The Kier molecular flexibility index (Phi) is 47.6.